The lowest BCUT2D eigenvalue weighted by Crippen LogP contribution is -1.99. The number of nitrogens with zero attached hydrogens (tertiary/aromatic N) is 4. The van der Waals surface area contributed by atoms with Gasteiger partial charge in [0.05, 0.1) is 0 Å². The third-order valence-electron chi connectivity index (χ3n) is 1.71. The maximum absolute atomic E-state index is 10.7. The Morgan fingerprint density at radius 1 is 1.57 bits per heavy atom. The molecule has 2 N–H and O–H groups in total. The maximum Gasteiger partial charge on any atom is 0.358 e. The predicted molar refractivity (Wildman–Crippen MR) is 45.5 cm³/mol. The summed E-state index contributed by atoms with van der Waals surface area (Å²) >= 11 is 0. The minimum Gasteiger partial charge on any atom is -0.476 e. The molecule has 0 aliphatic rings. The van der Waals surface area contributed by atoms with E-state index in [1.165, 1.54) is 0 Å². The van der Waals surface area contributed by atoms with Crippen LogP contribution in [0.1, 0.15) is 10.5 Å². The summed E-state index contributed by atoms with van der Waals surface area (Å²) in [5.41, 5.74) is 0.612. The molecule has 0 saturated carbocycles. The highest BCUT2D eigenvalue weighted by Crippen LogP contribution is 2.16. The van der Waals surface area contributed by atoms with Crippen molar-refractivity contribution in [3.63, 3.8) is 0 Å². The lowest BCUT2D eigenvalue weighted by atomic mass is 10.2. The quantitative estimate of drug-likeness (QED) is 0.694. The van der Waals surface area contributed by atoms with Crippen molar-refractivity contribution in [1.29, 1.82) is 0 Å². The van der Waals surface area contributed by atoms with Gasteiger partial charge in [-0.3, -0.25) is 4.68 Å². The first-order chi connectivity index (χ1) is 6.68. The second kappa shape index (κ2) is 2.95. The zero-order valence-electron chi connectivity index (χ0n) is 7.30. The highest BCUT2D eigenvalue weighted by atomic mass is 16.4. The fourth-order valence-corrected chi connectivity index (χ4v) is 1.10. The molecule has 0 amide bonds. The Morgan fingerprint density at radius 3 is 2.93 bits per heavy atom. The smallest absolute Gasteiger partial charge is 0.358 e. The van der Waals surface area contributed by atoms with E-state index < -0.39 is 5.97 Å². The molecule has 2 aromatic rings. The molecule has 0 saturated heterocycles. The van der Waals surface area contributed by atoms with Crippen molar-refractivity contribution in [2.75, 3.05) is 0 Å². The fourth-order valence-electron chi connectivity index (χ4n) is 1.10. The van der Waals surface area contributed by atoms with E-state index in [9.17, 15) is 4.79 Å². The molecule has 2 heterocycles. The number of aryl methyl sites for hydroxylation is 1. The average Bonchev–Trinajstić information content (AvgIpc) is 2.70. The van der Waals surface area contributed by atoms with Crippen molar-refractivity contribution in [3.8, 4) is 11.4 Å². The Kier molecular flexibility index (Phi) is 1.77. The summed E-state index contributed by atoms with van der Waals surface area (Å²) in [6.07, 6.45) is 1.70. The van der Waals surface area contributed by atoms with Crippen molar-refractivity contribution in [3.05, 3.63) is 18.0 Å². The number of aromatic nitrogens is 5. The molecule has 0 atom stereocenters. The molecular weight excluding hydrogens is 186 g/mol. The largest absolute Gasteiger partial charge is 0.476 e. The van der Waals surface area contributed by atoms with Crippen LogP contribution in [-0.2, 0) is 7.05 Å². The summed E-state index contributed by atoms with van der Waals surface area (Å²) in [6, 6.07) is 1.67. The van der Waals surface area contributed by atoms with Gasteiger partial charge in [0.2, 0.25) is 0 Å². The van der Waals surface area contributed by atoms with E-state index in [0.29, 0.717) is 5.69 Å². The lowest BCUT2D eigenvalue weighted by molar-refractivity contribution is 0.0691. The van der Waals surface area contributed by atoms with Gasteiger partial charge >= 0.3 is 5.97 Å². The van der Waals surface area contributed by atoms with Gasteiger partial charge in [0, 0.05) is 13.2 Å². The number of rotatable bonds is 2. The zero-order valence-corrected chi connectivity index (χ0v) is 7.30. The van der Waals surface area contributed by atoms with Crippen molar-refractivity contribution < 1.29 is 9.90 Å². The van der Waals surface area contributed by atoms with Gasteiger partial charge in [-0.2, -0.15) is 15.4 Å². The Bertz CT molecular complexity index is 472. The Labute approximate surface area is 78.4 Å². The fraction of sp³-hybridized carbons (Fsp3) is 0.143. The number of hydrogen-bond acceptors (Lipinski definition) is 4. The van der Waals surface area contributed by atoms with Crippen LogP contribution in [0.5, 0.6) is 0 Å². The summed E-state index contributed by atoms with van der Waals surface area (Å²) in [7, 11) is 1.74. The third kappa shape index (κ3) is 1.24. The average molecular weight is 193 g/mol. The molecule has 14 heavy (non-hydrogen) atoms. The molecule has 0 bridgehead atoms. The number of nitrogens with one attached hydrogen (secondary N) is 1. The van der Waals surface area contributed by atoms with Crippen molar-refractivity contribution >= 4 is 5.97 Å². The molecular formula is C7H7N5O2. The molecule has 7 nitrogen and oxygen atoms in total. The molecule has 0 aliphatic carbocycles. The van der Waals surface area contributed by atoms with Crippen LogP contribution in [0, 0.1) is 0 Å². The van der Waals surface area contributed by atoms with Crippen LogP contribution in [0.2, 0.25) is 0 Å². The lowest BCUT2D eigenvalue weighted by Gasteiger charge is -1.90. The first kappa shape index (κ1) is 8.42. The number of aromatic amines is 1. The Balaban J connectivity index is 2.51. The van der Waals surface area contributed by atoms with Crippen molar-refractivity contribution in [2.45, 2.75) is 0 Å². The van der Waals surface area contributed by atoms with Gasteiger partial charge in [-0.15, -0.1) is 5.10 Å². The number of hydrogen-bond donors (Lipinski definition) is 2. The van der Waals surface area contributed by atoms with Crippen molar-refractivity contribution in [2.24, 2.45) is 7.05 Å². The first-order valence-electron chi connectivity index (χ1n) is 3.82. The molecule has 7 heteroatoms. The third-order valence-corrected chi connectivity index (χ3v) is 1.71. The SMILES string of the molecule is Cn1ccc(-c2n[nH]nc2C(=O)O)n1. The number of carboxylic acid groups (broad SMARTS) is 1. The van der Waals surface area contributed by atoms with Gasteiger partial charge in [0.1, 0.15) is 11.4 Å². The van der Waals surface area contributed by atoms with Crippen LogP contribution in [0.15, 0.2) is 12.3 Å². The van der Waals surface area contributed by atoms with Gasteiger partial charge in [0.25, 0.3) is 0 Å². The number of aromatic carboxylic acids is 1. The van der Waals surface area contributed by atoms with E-state index in [0.717, 1.165) is 0 Å². The molecule has 2 aromatic heterocycles. The van der Waals surface area contributed by atoms with Crippen LogP contribution in [0.4, 0.5) is 0 Å². The van der Waals surface area contributed by atoms with Crippen LogP contribution in [-0.4, -0.2) is 36.3 Å². The topological polar surface area (TPSA) is 96.7 Å². The highest BCUT2D eigenvalue weighted by molar-refractivity contribution is 5.91. The molecule has 72 valence electrons. The van der Waals surface area contributed by atoms with Crippen molar-refractivity contribution in [1.82, 2.24) is 25.2 Å². The van der Waals surface area contributed by atoms with E-state index >= 15 is 0 Å². The van der Waals surface area contributed by atoms with Crippen LogP contribution < -0.4 is 0 Å². The molecule has 0 spiro atoms. The van der Waals surface area contributed by atoms with Gasteiger partial charge in [-0.25, -0.2) is 4.79 Å². The summed E-state index contributed by atoms with van der Waals surface area (Å²) in [5.74, 6) is -1.13. The Morgan fingerprint density at radius 2 is 2.36 bits per heavy atom. The standard InChI is InChI=1S/C7H7N5O2/c1-12-3-2-4(10-12)5-6(7(13)14)9-11-8-5/h2-3H,1H3,(H,13,14)(H,8,9,11). The van der Waals surface area contributed by atoms with Crippen LogP contribution in [0.3, 0.4) is 0 Å². The van der Waals surface area contributed by atoms with E-state index in [1.807, 2.05) is 0 Å². The van der Waals surface area contributed by atoms with E-state index in [-0.39, 0.29) is 11.4 Å². The summed E-state index contributed by atoms with van der Waals surface area (Å²) in [5, 5.41) is 22.3. The van der Waals surface area contributed by atoms with Gasteiger partial charge < -0.3 is 5.11 Å². The highest BCUT2D eigenvalue weighted by Gasteiger charge is 2.18. The van der Waals surface area contributed by atoms with E-state index in [4.69, 9.17) is 5.11 Å². The molecule has 0 aromatic carbocycles. The van der Waals surface area contributed by atoms with Crippen LogP contribution in [0.25, 0.3) is 11.4 Å². The molecule has 0 fully saturated rings. The number of carboxylic acids is 1. The second-order valence-electron chi connectivity index (χ2n) is 2.70. The minimum atomic E-state index is -1.13. The number of carbonyl (C=O) groups is 1. The summed E-state index contributed by atoms with van der Waals surface area (Å²) in [4.78, 5) is 10.7. The minimum absolute atomic E-state index is 0.122. The van der Waals surface area contributed by atoms with E-state index in [1.54, 1.807) is 24.0 Å². The van der Waals surface area contributed by atoms with E-state index in [2.05, 4.69) is 20.5 Å². The molecule has 0 radical (unpaired) electrons. The first-order valence-corrected chi connectivity index (χ1v) is 3.82. The summed E-state index contributed by atoms with van der Waals surface area (Å²) in [6.45, 7) is 0. The van der Waals surface area contributed by atoms with Crippen LogP contribution >= 0.6 is 0 Å². The number of H-pyrrole nitrogens is 1. The predicted octanol–water partition coefficient (Wildman–Crippen LogP) is -0.0966. The second-order valence-corrected chi connectivity index (χ2v) is 2.70. The molecule has 0 aliphatic heterocycles. The monoisotopic (exact) mass is 193 g/mol. The zero-order chi connectivity index (χ0) is 10.1. The summed E-state index contributed by atoms with van der Waals surface area (Å²) < 4.78 is 1.57. The maximum atomic E-state index is 10.7. The Hall–Kier alpha value is -2.18. The van der Waals surface area contributed by atoms with Gasteiger partial charge in [-0.1, -0.05) is 0 Å². The molecule has 0 unspecified atom stereocenters. The van der Waals surface area contributed by atoms with Gasteiger partial charge in [0.15, 0.2) is 5.69 Å². The molecule has 2 rings (SSSR count). The normalized spacial score (nSPS) is 10.4. The van der Waals surface area contributed by atoms with Gasteiger partial charge in [-0.05, 0) is 6.07 Å².